The number of hydrogen-bond donors (Lipinski definition) is 1. The minimum absolute atomic E-state index is 0.244. The zero-order chi connectivity index (χ0) is 14.4. The standard InChI is InChI=1S/C16H18N2O2/c1-12(13-5-4-6-14(17)11-13)16(19)20-10-8-15-7-2-3-9-18-15/h2-7,9,11-12H,8,10,17H2,1H3. The molecule has 4 nitrogen and oxygen atoms in total. The number of nitrogen functional groups attached to an aromatic ring is 1. The maximum absolute atomic E-state index is 12.0. The van der Waals surface area contributed by atoms with Crippen molar-refractivity contribution in [3.05, 3.63) is 59.9 Å². The predicted molar refractivity (Wildman–Crippen MR) is 78.2 cm³/mol. The Morgan fingerprint density at radius 3 is 2.85 bits per heavy atom. The second-order valence-corrected chi connectivity index (χ2v) is 4.63. The van der Waals surface area contributed by atoms with Crippen LogP contribution in [0.5, 0.6) is 0 Å². The van der Waals surface area contributed by atoms with Crippen LogP contribution in [0.2, 0.25) is 0 Å². The molecule has 2 N–H and O–H groups in total. The number of anilines is 1. The molecule has 1 aromatic heterocycles. The molecule has 1 atom stereocenters. The van der Waals surface area contributed by atoms with E-state index in [1.165, 1.54) is 0 Å². The highest BCUT2D eigenvalue weighted by Crippen LogP contribution is 2.19. The molecule has 1 heterocycles. The van der Waals surface area contributed by atoms with Crippen LogP contribution in [0, 0.1) is 0 Å². The fourth-order valence-corrected chi connectivity index (χ4v) is 1.89. The van der Waals surface area contributed by atoms with Crippen molar-refractivity contribution in [2.24, 2.45) is 0 Å². The van der Waals surface area contributed by atoms with Gasteiger partial charge in [0.1, 0.15) is 0 Å². The van der Waals surface area contributed by atoms with Crippen molar-refractivity contribution in [3.63, 3.8) is 0 Å². The summed E-state index contributed by atoms with van der Waals surface area (Å²) in [7, 11) is 0. The number of carbonyl (C=O) groups is 1. The summed E-state index contributed by atoms with van der Waals surface area (Å²) < 4.78 is 5.28. The lowest BCUT2D eigenvalue weighted by Gasteiger charge is -2.12. The number of esters is 1. The highest BCUT2D eigenvalue weighted by molar-refractivity contribution is 5.78. The van der Waals surface area contributed by atoms with E-state index in [1.807, 2.05) is 37.3 Å². The molecule has 1 unspecified atom stereocenters. The molecule has 4 heteroatoms. The van der Waals surface area contributed by atoms with Crippen LogP contribution in [0.3, 0.4) is 0 Å². The summed E-state index contributed by atoms with van der Waals surface area (Å²) in [5.74, 6) is -0.561. The minimum Gasteiger partial charge on any atom is -0.465 e. The first kappa shape index (κ1) is 14.1. The Labute approximate surface area is 118 Å². The zero-order valence-electron chi connectivity index (χ0n) is 11.5. The van der Waals surface area contributed by atoms with Crippen molar-refractivity contribution in [1.82, 2.24) is 4.98 Å². The lowest BCUT2D eigenvalue weighted by Crippen LogP contribution is -2.15. The lowest BCUT2D eigenvalue weighted by atomic mass is 10.0. The number of nitrogens with two attached hydrogens (primary N) is 1. The topological polar surface area (TPSA) is 65.2 Å². The fraction of sp³-hybridized carbons (Fsp3) is 0.250. The van der Waals surface area contributed by atoms with E-state index < -0.39 is 0 Å². The molecule has 0 saturated carbocycles. The Balaban J connectivity index is 1.85. The first-order valence-corrected chi connectivity index (χ1v) is 6.59. The van der Waals surface area contributed by atoms with Gasteiger partial charge >= 0.3 is 5.97 Å². The molecule has 0 spiro atoms. The number of carbonyl (C=O) groups excluding carboxylic acids is 1. The van der Waals surface area contributed by atoms with Crippen LogP contribution in [0.4, 0.5) is 5.69 Å². The maximum atomic E-state index is 12.0. The van der Waals surface area contributed by atoms with E-state index in [0.29, 0.717) is 18.7 Å². The fourth-order valence-electron chi connectivity index (χ4n) is 1.89. The second-order valence-electron chi connectivity index (χ2n) is 4.63. The summed E-state index contributed by atoms with van der Waals surface area (Å²) >= 11 is 0. The van der Waals surface area contributed by atoms with Gasteiger partial charge in [-0.2, -0.15) is 0 Å². The van der Waals surface area contributed by atoms with Gasteiger partial charge in [0.05, 0.1) is 12.5 Å². The Bertz CT molecular complexity index is 570. The first-order valence-electron chi connectivity index (χ1n) is 6.59. The molecule has 0 saturated heterocycles. The van der Waals surface area contributed by atoms with Crippen LogP contribution >= 0.6 is 0 Å². The van der Waals surface area contributed by atoms with E-state index in [-0.39, 0.29) is 11.9 Å². The van der Waals surface area contributed by atoms with Crippen LogP contribution in [0.1, 0.15) is 24.1 Å². The van der Waals surface area contributed by atoms with Gasteiger partial charge in [-0.25, -0.2) is 0 Å². The molecule has 0 aliphatic carbocycles. The molecule has 0 bridgehead atoms. The SMILES string of the molecule is CC(C(=O)OCCc1ccccn1)c1cccc(N)c1. The highest BCUT2D eigenvalue weighted by Gasteiger charge is 2.16. The zero-order valence-corrected chi connectivity index (χ0v) is 11.5. The molecule has 0 aliphatic heterocycles. The molecule has 2 aromatic rings. The van der Waals surface area contributed by atoms with Gasteiger partial charge in [0.15, 0.2) is 0 Å². The van der Waals surface area contributed by atoms with Gasteiger partial charge < -0.3 is 10.5 Å². The number of benzene rings is 1. The number of hydrogen-bond acceptors (Lipinski definition) is 4. The summed E-state index contributed by atoms with van der Waals surface area (Å²) in [6, 6.07) is 13.0. The average molecular weight is 270 g/mol. The van der Waals surface area contributed by atoms with E-state index in [2.05, 4.69) is 4.98 Å². The molecule has 0 fully saturated rings. The molecular formula is C16H18N2O2. The van der Waals surface area contributed by atoms with E-state index in [9.17, 15) is 4.79 Å². The van der Waals surface area contributed by atoms with Crippen LogP contribution in [0.25, 0.3) is 0 Å². The van der Waals surface area contributed by atoms with Crippen LogP contribution in [-0.4, -0.2) is 17.6 Å². The molecule has 1 aromatic carbocycles. The third-order valence-electron chi connectivity index (χ3n) is 3.09. The van der Waals surface area contributed by atoms with Gasteiger partial charge in [-0.15, -0.1) is 0 Å². The number of rotatable bonds is 5. The van der Waals surface area contributed by atoms with Gasteiger partial charge in [0.25, 0.3) is 0 Å². The Hall–Kier alpha value is -2.36. The van der Waals surface area contributed by atoms with Crippen molar-refractivity contribution in [2.75, 3.05) is 12.3 Å². The first-order chi connectivity index (χ1) is 9.66. The van der Waals surface area contributed by atoms with Crippen molar-refractivity contribution in [1.29, 1.82) is 0 Å². The number of pyridine rings is 1. The Morgan fingerprint density at radius 1 is 1.30 bits per heavy atom. The van der Waals surface area contributed by atoms with Crippen molar-refractivity contribution in [2.45, 2.75) is 19.3 Å². The Kier molecular flexibility index (Phi) is 4.71. The van der Waals surface area contributed by atoms with E-state index in [0.717, 1.165) is 11.3 Å². The normalized spacial score (nSPS) is 11.8. The van der Waals surface area contributed by atoms with E-state index in [1.54, 1.807) is 18.3 Å². The smallest absolute Gasteiger partial charge is 0.313 e. The summed E-state index contributed by atoms with van der Waals surface area (Å²) in [5.41, 5.74) is 8.14. The number of nitrogens with zero attached hydrogens (tertiary/aromatic N) is 1. The molecule has 20 heavy (non-hydrogen) atoms. The molecule has 0 radical (unpaired) electrons. The van der Waals surface area contributed by atoms with Gasteiger partial charge in [0, 0.05) is 24.0 Å². The minimum atomic E-state index is -0.317. The quantitative estimate of drug-likeness (QED) is 0.670. The van der Waals surface area contributed by atoms with Gasteiger partial charge in [-0.1, -0.05) is 18.2 Å². The summed E-state index contributed by atoms with van der Waals surface area (Å²) in [4.78, 5) is 16.1. The van der Waals surface area contributed by atoms with Crippen LogP contribution in [-0.2, 0) is 16.0 Å². The van der Waals surface area contributed by atoms with Crippen molar-refractivity contribution < 1.29 is 9.53 Å². The van der Waals surface area contributed by atoms with Crippen LogP contribution < -0.4 is 5.73 Å². The second kappa shape index (κ2) is 6.70. The average Bonchev–Trinajstić information content (AvgIpc) is 2.47. The molecule has 104 valence electrons. The number of ether oxygens (including phenoxy) is 1. The van der Waals surface area contributed by atoms with E-state index >= 15 is 0 Å². The third-order valence-corrected chi connectivity index (χ3v) is 3.09. The summed E-state index contributed by atoms with van der Waals surface area (Å²) in [6.45, 7) is 2.15. The highest BCUT2D eigenvalue weighted by atomic mass is 16.5. The van der Waals surface area contributed by atoms with Crippen molar-refractivity contribution in [3.8, 4) is 0 Å². The molecule has 2 rings (SSSR count). The molecule has 0 aliphatic rings. The van der Waals surface area contributed by atoms with E-state index in [4.69, 9.17) is 10.5 Å². The van der Waals surface area contributed by atoms with Gasteiger partial charge in [-0.3, -0.25) is 9.78 Å². The maximum Gasteiger partial charge on any atom is 0.313 e. The molecular weight excluding hydrogens is 252 g/mol. The van der Waals surface area contributed by atoms with Crippen molar-refractivity contribution >= 4 is 11.7 Å². The summed E-state index contributed by atoms with van der Waals surface area (Å²) in [5, 5.41) is 0. The Morgan fingerprint density at radius 2 is 2.15 bits per heavy atom. The predicted octanol–water partition coefficient (Wildman–Crippen LogP) is 2.55. The van der Waals surface area contributed by atoms with Gasteiger partial charge in [0.2, 0.25) is 0 Å². The van der Waals surface area contributed by atoms with Gasteiger partial charge in [-0.05, 0) is 36.8 Å². The number of aromatic nitrogens is 1. The summed E-state index contributed by atoms with van der Waals surface area (Å²) in [6.07, 6.45) is 2.35. The lowest BCUT2D eigenvalue weighted by molar-refractivity contribution is -0.144. The largest absolute Gasteiger partial charge is 0.465 e. The monoisotopic (exact) mass is 270 g/mol. The third kappa shape index (κ3) is 3.82. The molecule has 0 amide bonds. The van der Waals surface area contributed by atoms with Crippen LogP contribution in [0.15, 0.2) is 48.7 Å².